The van der Waals surface area contributed by atoms with Crippen molar-refractivity contribution in [2.24, 2.45) is 0 Å². The highest BCUT2D eigenvalue weighted by Gasteiger charge is 2.39. The zero-order valence-electron chi connectivity index (χ0n) is 19.7. The molecule has 1 aromatic carbocycles. The Bertz CT molecular complexity index is 1410. The van der Waals surface area contributed by atoms with Crippen LogP contribution < -0.4 is 5.32 Å². The summed E-state index contributed by atoms with van der Waals surface area (Å²) in [4.78, 5) is 14.2. The number of rotatable bonds is 7. The van der Waals surface area contributed by atoms with E-state index in [4.69, 9.17) is 19.1 Å². The van der Waals surface area contributed by atoms with Gasteiger partial charge in [-0.2, -0.15) is 0 Å². The first-order chi connectivity index (χ1) is 17.5. The molecule has 0 spiro atoms. The van der Waals surface area contributed by atoms with E-state index in [1.807, 2.05) is 18.2 Å². The number of anilines is 1. The maximum absolute atomic E-state index is 10.7. The fourth-order valence-corrected chi connectivity index (χ4v) is 4.63. The normalized spacial score (nSPS) is 19.4. The molecule has 0 radical (unpaired) electrons. The Hall–Kier alpha value is -2.98. The zero-order valence-corrected chi connectivity index (χ0v) is 21.8. The molecule has 4 aromatic rings. The minimum Gasteiger partial charge on any atom is -0.461 e. The van der Waals surface area contributed by atoms with Crippen LogP contribution in [0.3, 0.4) is 0 Å². The molecule has 1 fully saturated rings. The third kappa shape index (κ3) is 5.10. The summed E-state index contributed by atoms with van der Waals surface area (Å²) in [5, 5.41) is 24.2. The van der Waals surface area contributed by atoms with Gasteiger partial charge < -0.3 is 24.7 Å². The number of aliphatic hydroxyl groups excluding tert-OH is 2. The van der Waals surface area contributed by atoms with E-state index in [1.54, 1.807) is 23.0 Å². The third-order valence-electron chi connectivity index (χ3n) is 5.86. The molecule has 0 amide bonds. The van der Waals surface area contributed by atoms with Gasteiger partial charge in [0.1, 0.15) is 12.2 Å². The van der Waals surface area contributed by atoms with E-state index in [-0.39, 0.29) is 6.61 Å². The molecule has 4 heterocycles. The van der Waals surface area contributed by atoms with Gasteiger partial charge in [0.05, 0.1) is 12.9 Å². The molecule has 1 saturated heterocycles. The van der Waals surface area contributed by atoms with Crippen molar-refractivity contribution in [1.82, 2.24) is 19.5 Å². The van der Waals surface area contributed by atoms with Gasteiger partial charge in [-0.25, -0.2) is 15.0 Å². The van der Waals surface area contributed by atoms with E-state index in [2.05, 4.69) is 57.7 Å². The van der Waals surface area contributed by atoms with Crippen molar-refractivity contribution in [3.05, 3.63) is 57.6 Å². The van der Waals surface area contributed by atoms with Crippen LogP contribution >= 0.6 is 22.6 Å². The number of aromatic nitrogens is 4. The van der Waals surface area contributed by atoms with Gasteiger partial charge in [-0.3, -0.25) is 4.57 Å². The molecular weight excluding hydrogens is 573 g/mol. The van der Waals surface area contributed by atoms with E-state index in [9.17, 15) is 10.2 Å². The minimum atomic E-state index is -1.16. The summed E-state index contributed by atoms with van der Waals surface area (Å²) in [6.45, 7) is 2.64. The summed E-state index contributed by atoms with van der Waals surface area (Å²) in [5.41, 5.74) is 2.01. The summed E-state index contributed by atoms with van der Waals surface area (Å²) in [6, 6.07) is 11.7. The van der Waals surface area contributed by atoms with Crippen molar-refractivity contribution in [2.45, 2.75) is 51.2 Å². The minimum absolute atomic E-state index is 0.00435. The number of hydrogen-bond acceptors (Lipinski definition) is 8. The molecule has 36 heavy (non-hydrogen) atoms. The van der Waals surface area contributed by atoms with Crippen LogP contribution in [0.15, 0.2) is 47.1 Å². The topological polar surface area (TPSA) is 118 Å². The molecule has 9 nitrogen and oxygen atoms in total. The average Bonchev–Trinajstić information content (AvgIpc) is 3.60. The number of ether oxygens (including phenoxy) is 1. The van der Waals surface area contributed by atoms with E-state index in [0.717, 1.165) is 28.4 Å². The number of halogens is 1. The van der Waals surface area contributed by atoms with Gasteiger partial charge in [-0.1, -0.05) is 31.4 Å². The van der Waals surface area contributed by atoms with Gasteiger partial charge in [0, 0.05) is 16.5 Å². The second-order valence-corrected chi connectivity index (χ2v) is 9.77. The van der Waals surface area contributed by atoms with E-state index in [1.165, 1.54) is 0 Å². The van der Waals surface area contributed by atoms with Crippen molar-refractivity contribution in [1.29, 1.82) is 0 Å². The molecule has 1 aliphatic rings. The van der Waals surface area contributed by atoms with Crippen molar-refractivity contribution in [3.8, 4) is 23.4 Å². The van der Waals surface area contributed by atoms with E-state index >= 15 is 0 Å². The third-order valence-corrected chi connectivity index (χ3v) is 6.54. The van der Waals surface area contributed by atoms with Crippen LogP contribution in [-0.4, -0.2) is 48.5 Å². The van der Waals surface area contributed by atoms with Crippen molar-refractivity contribution in [3.63, 3.8) is 0 Å². The number of benzene rings is 1. The number of nitrogens with one attached hydrogen (secondary N) is 1. The maximum atomic E-state index is 10.7. The molecular formula is C26H26IN5O4. The van der Waals surface area contributed by atoms with Crippen LogP contribution in [0.5, 0.6) is 0 Å². The molecule has 0 saturated carbocycles. The molecule has 0 unspecified atom stereocenters. The lowest BCUT2D eigenvalue weighted by molar-refractivity contribution is -0.0154. The van der Waals surface area contributed by atoms with Crippen molar-refractivity contribution < 1.29 is 19.4 Å². The van der Waals surface area contributed by atoms with E-state index < -0.39 is 18.4 Å². The Labute approximate surface area is 222 Å². The standard InChI is InChI=1S/C26H26IN5O4/c1-2-3-4-5-11-20-29-23(28-14-16-8-6-9-17(27)13-16)21-25(30-20)32(26-22(34)18(33)15-36-26)24(31-21)19-10-7-12-35-19/h6-10,12-13,18,22,26,33-34H,2-4,14-15H2,1H3,(H,28,29,30)/t18-,22-,26+/m1/s1. The highest BCUT2D eigenvalue weighted by molar-refractivity contribution is 14.1. The monoisotopic (exact) mass is 599 g/mol. The number of imidazole rings is 1. The number of unbranched alkanes of at least 4 members (excludes halogenated alkanes) is 2. The van der Waals surface area contributed by atoms with Crippen LogP contribution in [0.1, 0.15) is 43.8 Å². The molecule has 3 N–H and O–H groups in total. The predicted molar refractivity (Wildman–Crippen MR) is 143 cm³/mol. The Kier molecular flexibility index (Phi) is 7.52. The summed E-state index contributed by atoms with van der Waals surface area (Å²) < 4.78 is 14.2. The van der Waals surface area contributed by atoms with Crippen LogP contribution in [0, 0.1) is 15.4 Å². The second-order valence-electron chi connectivity index (χ2n) is 8.52. The smallest absolute Gasteiger partial charge is 0.208 e. The second kappa shape index (κ2) is 11.0. The molecule has 1 aliphatic heterocycles. The Morgan fingerprint density at radius 1 is 1.19 bits per heavy atom. The molecule has 0 bridgehead atoms. The summed E-state index contributed by atoms with van der Waals surface area (Å²) in [7, 11) is 0. The van der Waals surface area contributed by atoms with Crippen LogP contribution in [-0.2, 0) is 11.3 Å². The predicted octanol–water partition coefficient (Wildman–Crippen LogP) is 4.10. The summed E-state index contributed by atoms with van der Waals surface area (Å²) in [5.74, 6) is 7.95. The lowest BCUT2D eigenvalue weighted by Gasteiger charge is -2.18. The number of furan rings is 1. The Morgan fingerprint density at radius 3 is 2.81 bits per heavy atom. The largest absolute Gasteiger partial charge is 0.461 e. The number of hydrogen-bond donors (Lipinski definition) is 3. The number of nitrogens with zero attached hydrogens (tertiary/aromatic N) is 4. The molecule has 3 atom stereocenters. The van der Waals surface area contributed by atoms with Crippen LogP contribution in [0.2, 0.25) is 0 Å². The molecule has 3 aromatic heterocycles. The van der Waals surface area contributed by atoms with Crippen LogP contribution in [0.4, 0.5) is 5.82 Å². The van der Waals surface area contributed by atoms with Crippen molar-refractivity contribution in [2.75, 3.05) is 11.9 Å². The van der Waals surface area contributed by atoms with E-state index in [0.29, 0.717) is 40.9 Å². The van der Waals surface area contributed by atoms with Crippen LogP contribution in [0.25, 0.3) is 22.7 Å². The fraction of sp³-hybridized carbons (Fsp3) is 0.346. The lowest BCUT2D eigenvalue weighted by Crippen LogP contribution is -2.28. The Balaban J connectivity index is 1.64. The molecule has 10 heteroatoms. The van der Waals surface area contributed by atoms with Crippen molar-refractivity contribution >= 4 is 39.6 Å². The van der Waals surface area contributed by atoms with Gasteiger partial charge in [-0.15, -0.1) is 0 Å². The van der Waals surface area contributed by atoms with Gasteiger partial charge >= 0.3 is 0 Å². The zero-order chi connectivity index (χ0) is 25.1. The first-order valence-electron chi connectivity index (χ1n) is 11.8. The van der Waals surface area contributed by atoms with Gasteiger partial charge in [0.25, 0.3) is 0 Å². The molecule has 5 rings (SSSR count). The summed E-state index contributed by atoms with van der Waals surface area (Å²) in [6.07, 6.45) is 1.26. The van der Waals surface area contributed by atoms with Gasteiger partial charge in [0.2, 0.25) is 5.82 Å². The maximum Gasteiger partial charge on any atom is 0.208 e. The average molecular weight is 599 g/mol. The first kappa shape index (κ1) is 24.7. The van der Waals surface area contributed by atoms with Gasteiger partial charge in [0.15, 0.2) is 34.8 Å². The Morgan fingerprint density at radius 2 is 2.08 bits per heavy atom. The quantitative estimate of drug-likeness (QED) is 0.165. The highest BCUT2D eigenvalue weighted by Crippen LogP contribution is 2.35. The molecule has 0 aliphatic carbocycles. The SMILES string of the molecule is CCCCC#Cc1nc(NCc2cccc(I)c2)c2nc(-c3ccco3)n([C@H]3OC[C@@H](O)[C@H]3O)c2n1. The number of fused-ring (bicyclic) bond motifs is 1. The highest BCUT2D eigenvalue weighted by atomic mass is 127. The first-order valence-corrected chi connectivity index (χ1v) is 12.9. The molecule has 186 valence electrons. The fourth-order valence-electron chi connectivity index (χ4n) is 4.02. The number of aliphatic hydroxyl groups is 2. The lowest BCUT2D eigenvalue weighted by atomic mass is 10.2. The summed E-state index contributed by atoms with van der Waals surface area (Å²) >= 11 is 2.28. The van der Waals surface area contributed by atoms with Gasteiger partial charge in [-0.05, 0) is 64.8 Å².